The van der Waals surface area contributed by atoms with Crippen LogP contribution in [-0.2, 0) is 4.74 Å². The highest BCUT2D eigenvalue weighted by atomic mass is 79.9. The normalized spacial score (nSPS) is 15.6. The molecular formula is C16H21BrN2O3. The number of halogens is 1. The molecule has 0 aromatic heterocycles. The van der Waals surface area contributed by atoms with Gasteiger partial charge in [0.2, 0.25) is 0 Å². The second kappa shape index (κ2) is 6.69. The number of carbonyl (C=O) groups is 2. The Morgan fingerprint density at radius 1 is 1.23 bits per heavy atom. The molecular weight excluding hydrogens is 348 g/mol. The average Bonchev–Trinajstić information content (AvgIpc) is 2.45. The number of anilines is 1. The maximum atomic E-state index is 12.1. The molecule has 0 N–H and O–H groups in total. The summed E-state index contributed by atoms with van der Waals surface area (Å²) in [7, 11) is 0. The third-order valence-electron chi connectivity index (χ3n) is 3.39. The van der Waals surface area contributed by atoms with Gasteiger partial charge >= 0.3 is 6.09 Å². The Labute approximate surface area is 139 Å². The first-order chi connectivity index (χ1) is 10.3. The van der Waals surface area contributed by atoms with Gasteiger partial charge in [-0.05, 0) is 39.0 Å². The van der Waals surface area contributed by atoms with E-state index in [1.807, 2.05) is 32.9 Å². The Kier molecular flexibility index (Phi) is 5.11. The topological polar surface area (TPSA) is 49.9 Å². The van der Waals surface area contributed by atoms with Crippen LogP contribution in [0.25, 0.3) is 0 Å². The molecule has 1 aromatic rings. The van der Waals surface area contributed by atoms with Crippen LogP contribution in [0.2, 0.25) is 0 Å². The first-order valence-electron chi connectivity index (χ1n) is 7.28. The van der Waals surface area contributed by atoms with Crippen molar-refractivity contribution in [1.29, 1.82) is 0 Å². The zero-order valence-corrected chi connectivity index (χ0v) is 14.7. The maximum absolute atomic E-state index is 12.1. The van der Waals surface area contributed by atoms with Gasteiger partial charge in [-0.1, -0.05) is 15.9 Å². The fourth-order valence-corrected chi connectivity index (χ4v) is 2.70. The summed E-state index contributed by atoms with van der Waals surface area (Å²) in [6, 6.07) is 5.59. The van der Waals surface area contributed by atoms with Crippen molar-refractivity contribution in [2.75, 3.05) is 31.1 Å². The molecule has 2 rings (SSSR count). The molecule has 1 amide bonds. The predicted molar refractivity (Wildman–Crippen MR) is 89.5 cm³/mol. The van der Waals surface area contributed by atoms with Gasteiger partial charge in [-0.3, -0.25) is 4.79 Å². The predicted octanol–water partition coefficient (Wildman–Crippen LogP) is 3.32. The molecule has 0 atom stereocenters. The van der Waals surface area contributed by atoms with Gasteiger partial charge in [0.15, 0.2) is 6.29 Å². The number of nitrogens with zero attached hydrogens (tertiary/aromatic N) is 2. The molecule has 0 saturated carbocycles. The number of aldehydes is 1. The maximum Gasteiger partial charge on any atom is 0.410 e. The molecule has 0 spiro atoms. The Balaban J connectivity index is 2.02. The van der Waals surface area contributed by atoms with E-state index in [-0.39, 0.29) is 6.09 Å². The lowest BCUT2D eigenvalue weighted by Crippen LogP contribution is -2.50. The Bertz CT molecular complexity index is 561. The third-order valence-corrected chi connectivity index (χ3v) is 3.88. The van der Waals surface area contributed by atoms with E-state index >= 15 is 0 Å². The molecule has 1 saturated heterocycles. The molecule has 1 aromatic carbocycles. The lowest BCUT2D eigenvalue weighted by atomic mass is 10.1. The Hall–Kier alpha value is -1.56. The summed E-state index contributed by atoms with van der Waals surface area (Å²) in [5, 5.41) is 0. The highest BCUT2D eigenvalue weighted by molar-refractivity contribution is 9.10. The fourth-order valence-electron chi connectivity index (χ4n) is 2.35. The van der Waals surface area contributed by atoms with E-state index in [4.69, 9.17) is 4.74 Å². The van der Waals surface area contributed by atoms with Crippen LogP contribution in [0, 0.1) is 0 Å². The van der Waals surface area contributed by atoms with E-state index in [1.54, 1.807) is 11.0 Å². The van der Waals surface area contributed by atoms with Crippen molar-refractivity contribution in [1.82, 2.24) is 4.90 Å². The molecule has 1 aliphatic heterocycles. The zero-order valence-electron chi connectivity index (χ0n) is 13.1. The summed E-state index contributed by atoms with van der Waals surface area (Å²) in [6.07, 6.45) is 0.583. The van der Waals surface area contributed by atoms with E-state index < -0.39 is 5.60 Å². The number of hydrogen-bond acceptors (Lipinski definition) is 4. The van der Waals surface area contributed by atoms with Crippen LogP contribution in [0.3, 0.4) is 0 Å². The second-order valence-electron chi connectivity index (χ2n) is 6.28. The molecule has 6 heteroatoms. The van der Waals surface area contributed by atoms with Gasteiger partial charge in [0.25, 0.3) is 0 Å². The van der Waals surface area contributed by atoms with Gasteiger partial charge < -0.3 is 14.5 Å². The number of ether oxygens (including phenoxy) is 1. The zero-order chi connectivity index (χ0) is 16.3. The largest absolute Gasteiger partial charge is 0.444 e. The summed E-state index contributed by atoms with van der Waals surface area (Å²) in [6.45, 7) is 8.10. The van der Waals surface area contributed by atoms with Crippen molar-refractivity contribution in [3.8, 4) is 0 Å². The molecule has 22 heavy (non-hydrogen) atoms. The molecule has 1 fully saturated rings. The minimum absolute atomic E-state index is 0.281. The molecule has 5 nitrogen and oxygen atoms in total. The Morgan fingerprint density at radius 2 is 1.86 bits per heavy atom. The van der Waals surface area contributed by atoms with E-state index in [1.165, 1.54) is 0 Å². The number of carbonyl (C=O) groups excluding carboxylic acids is 2. The average molecular weight is 369 g/mol. The number of hydrogen-bond donors (Lipinski definition) is 0. The van der Waals surface area contributed by atoms with Crippen molar-refractivity contribution in [2.45, 2.75) is 26.4 Å². The molecule has 0 bridgehead atoms. The van der Waals surface area contributed by atoms with Crippen LogP contribution in [-0.4, -0.2) is 49.1 Å². The van der Waals surface area contributed by atoms with E-state index in [2.05, 4.69) is 20.8 Å². The molecule has 0 unspecified atom stereocenters. The van der Waals surface area contributed by atoms with Gasteiger partial charge in [-0.2, -0.15) is 0 Å². The van der Waals surface area contributed by atoms with Crippen molar-refractivity contribution < 1.29 is 14.3 Å². The lowest BCUT2D eigenvalue weighted by Gasteiger charge is -2.37. The monoisotopic (exact) mass is 368 g/mol. The van der Waals surface area contributed by atoms with E-state index in [0.29, 0.717) is 31.7 Å². The van der Waals surface area contributed by atoms with Crippen molar-refractivity contribution in [3.05, 3.63) is 28.2 Å². The SMILES string of the molecule is CC(C)(C)OC(=O)N1CCN(c2cc(Br)ccc2C=O)CC1. The molecule has 0 radical (unpaired) electrons. The van der Waals surface area contributed by atoms with Crippen molar-refractivity contribution in [2.24, 2.45) is 0 Å². The van der Waals surface area contributed by atoms with Gasteiger partial charge in [-0.25, -0.2) is 4.79 Å². The van der Waals surface area contributed by atoms with E-state index in [0.717, 1.165) is 16.4 Å². The standard InChI is InChI=1S/C16H21BrN2O3/c1-16(2,3)22-15(21)19-8-6-18(7-9-19)14-10-13(17)5-4-12(14)11-20/h4-5,10-11H,6-9H2,1-3H3. The minimum atomic E-state index is -0.483. The van der Waals surface area contributed by atoms with Crippen LogP contribution >= 0.6 is 15.9 Å². The fraction of sp³-hybridized carbons (Fsp3) is 0.500. The first-order valence-corrected chi connectivity index (χ1v) is 8.07. The second-order valence-corrected chi connectivity index (χ2v) is 7.19. The summed E-state index contributed by atoms with van der Waals surface area (Å²) in [5.74, 6) is 0. The van der Waals surface area contributed by atoms with Crippen LogP contribution in [0.1, 0.15) is 31.1 Å². The number of benzene rings is 1. The van der Waals surface area contributed by atoms with Crippen molar-refractivity contribution in [3.63, 3.8) is 0 Å². The van der Waals surface area contributed by atoms with Crippen LogP contribution in [0.15, 0.2) is 22.7 Å². The molecule has 0 aliphatic carbocycles. The van der Waals surface area contributed by atoms with Crippen molar-refractivity contribution >= 4 is 34.0 Å². The van der Waals surface area contributed by atoms with Crippen LogP contribution < -0.4 is 4.90 Å². The minimum Gasteiger partial charge on any atom is -0.444 e. The van der Waals surface area contributed by atoms with Gasteiger partial charge in [0, 0.05) is 41.9 Å². The molecule has 1 aliphatic rings. The summed E-state index contributed by atoms with van der Waals surface area (Å²) in [5.41, 5.74) is 1.07. The first kappa shape index (κ1) is 16.8. The highest BCUT2D eigenvalue weighted by Gasteiger charge is 2.26. The van der Waals surface area contributed by atoms with Crippen LogP contribution in [0.4, 0.5) is 10.5 Å². The quantitative estimate of drug-likeness (QED) is 0.751. The number of rotatable bonds is 2. The van der Waals surface area contributed by atoms with Gasteiger partial charge in [0.1, 0.15) is 5.60 Å². The number of piperazine rings is 1. The highest BCUT2D eigenvalue weighted by Crippen LogP contribution is 2.25. The summed E-state index contributed by atoms with van der Waals surface area (Å²) < 4.78 is 6.32. The summed E-state index contributed by atoms with van der Waals surface area (Å²) in [4.78, 5) is 27.1. The third kappa shape index (κ3) is 4.22. The van der Waals surface area contributed by atoms with Crippen LogP contribution in [0.5, 0.6) is 0 Å². The van der Waals surface area contributed by atoms with Gasteiger partial charge in [-0.15, -0.1) is 0 Å². The molecule has 120 valence electrons. The van der Waals surface area contributed by atoms with Gasteiger partial charge in [0.05, 0.1) is 0 Å². The Morgan fingerprint density at radius 3 is 2.41 bits per heavy atom. The smallest absolute Gasteiger partial charge is 0.410 e. The molecule has 1 heterocycles. The summed E-state index contributed by atoms with van der Waals surface area (Å²) >= 11 is 3.43. The van der Waals surface area contributed by atoms with E-state index in [9.17, 15) is 9.59 Å². The lowest BCUT2D eigenvalue weighted by molar-refractivity contribution is 0.0240. The number of amides is 1.